The number of benzene rings is 2. The Morgan fingerprint density at radius 1 is 0.559 bits per heavy atom. The zero-order chi connectivity index (χ0) is 42.8. The van der Waals surface area contributed by atoms with Gasteiger partial charge in [0.25, 0.3) is 8.53 Å². The molecule has 1 unspecified atom stereocenters. The number of alkyl carbamates (subject to hydrolysis) is 1. The number of hydrogen-bond acceptors (Lipinski definition) is 9. The molecule has 0 fully saturated rings. The summed E-state index contributed by atoms with van der Waals surface area (Å²) < 4.78 is 31.8. The van der Waals surface area contributed by atoms with Gasteiger partial charge >= 0.3 is 18.0 Å². The third kappa shape index (κ3) is 27.4. The molecule has 0 heterocycles. The van der Waals surface area contributed by atoms with E-state index in [1.807, 2.05) is 60.7 Å². The van der Waals surface area contributed by atoms with Crippen LogP contribution < -0.4 is 5.32 Å². The molecule has 2 aromatic rings. The van der Waals surface area contributed by atoms with E-state index in [4.69, 9.17) is 23.3 Å². The summed E-state index contributed by atoms with van der Waals surface area (Å²) in [5.74, 6) is -0.671. The van der Waals surface area contributed by atoms with Crippen molar-refractivity contribution in [2.24, 2.45) is 0 Å². The maximum absolute atomic E-state index is 13.1. The Morgan fingerprint density at radius 2 is 1.03 bits per heavy atom. The van der Waals surface area contributed by atoms with E-state index in [1.54, 1.807) is 0 Å². The van der Waals surface area contributed by atoms with Gasteiger partial charge in [-0.1, -0.05) is 164 Å². The second-order valence-electron chi connectivity index (χ2n) is 16.2. The van der Waals surface area contributed by atoms with Gasteiger partial charge in [-0.05, 0) is 58.1 Å². The molecule has 2 aromatic carbocycles. The normalized spacial score (nSPS) is 12.5. The molecule has 0 saturated heterocycles. The van der Waals surface area contributed by atoms with Gasteiger partial charge in [-0.25, -0.2) is 9.46 Å². The van der Waals surface area contributed by atoms with Gasteiger partial charge in [-0.2, -0.15) is 0 Å². The minimum Gasteiger partial charge on any atom is -0.462 e. The molecule has 2 atom stereocenters. The Balaban J connectivity index is 1.79. The number of nitrogens with zero attached hydrogens (tertiary/aromatic N) is 1. The predicted molar refractivity (Wildman–Crippen MR) is 240 cm³/mol. The molecular weight excluding hydrogens is 764 g/mol. The lowest BCUT2D eigenvalue weighted by Gasteiger charge is -2.36. The van der Waals surface area contributed by atoms with Gasteiger partial charge in [-0.15, -0.1) is 0 Å². The molecule has 0 aromatic heterocycles. The summed E-state index contributed by atoms with van der Waals surface area (Å²) >= 11 is 0. The van der Waals surface area contributed by atoms with Gasteiger partial charge < -0.3 is 28.6 Å². The van der Waals surface area contributed by atoms with Crippen molar-refractivity contribution < 1.29 is 37.6 Å². The standard InChI is InChI=1S/C48H79N2O8P/c1-6-7-8-9-10-11-12-13-14-15-16-17-18-19-27-35-47(52)58-45(40-57-59(50(41(2)3)42(4)5)56-38-44-32-25-21-26-33-44)39-54-46(51)34-28-22-29-36-49-48(53)55-37-43-30-23-20-24-31-43/h20-21,23-26,30-33,41-42,45H,6-19,22,27-29,34-40H2,1-5H3,(H,49,53)/t45-,59?/m0/s1. The van der Waals surface area contributed by atoms with Crippen LogP contribution in [-0.4, -0.2) is 60.6 Å². The van der Waals surface area contributed by atoms with Crippen LogP contribution in [0.5, 0.6) is 0 Å². The number of amides is 1. The van der Waals surface area contributed by atoms with Gasteiger partial charge in [0.15, 0.2) is 6.10 Å². The first-order valence-electron chi connectivity index (χ1n) is 22.9. The molecule has 1 N–H and O–H groups in total. The number of unbranched alkanes of at least 4 members (excludes halogenated alkanes) is 16. The minimum atomic E-state index is -1.51. The lowest BCUT2D eigenvalue weighted by atomic mass is 10.0. The van der Waals surface area contributed by atoms with Gasteiger partial charge in [0.05, 0.1) is 13.2 Å². The van der Waals surface area contributed by atoms with Crippen molar-refractivity contribution in [3.63, 3.8) is 0 Å². The molecule has 0 aliphatic heterocycles. The summed E-state index contributed by atoms with van der Waals surface area (Å²) in [6, 6.07) is 19.8. The number of nitrogens with one attached hydrogen (secondary N) is 1. The SMILES string of the molecule is CCCCCCCCCCCCCCCCCC(=O)O[C@@H](COC(=O)CCCCCNC(=O)OCc1ccccc1)COP(OCc1ccccc1)N(C(C)C)C(C)C. The number of rotatable bonds is 36. The Hall–Kier alpha value is -3.04. The van der Waals surface area contributed by atoms with Gasteiger partial charge in [0.1, 0.15) is 13.2 Å². The van der Waals surface area contributed by atoms with E-state index in [1.165, 1.54) is 77.0 Å². The first-order valence-corrected chi connectivity index (χ1v) is 24.0. The highest BCUT2D eigenvalue weighted by Gasteiger charge is 2.29. The van der Waals surface area contributed by atoms with E-state index in [-0.39, 0.29) is 50.3 Å². The second-order valence-corrected chi connectivity index (χ2v) is 17.6. The van der Waals surface area contributed by atoms with Gasteiger partial charge in [-0.3, -0.25) is 9.59 Å². The van der Waals surface area contributed by atoms with E-state index in [0.29, 0.717) is 32.4 Å². The highest BCUT2D eigenvalue weighted by molar-refractivity contribution is 7.44. The van der Waals surface area contributed by atoms with Crippen LogP contribution in [0.3, 0.4) is 0 Å². The average molecular weight is 843 g/mol. The lowest BCUT2D eigenvalue weighted by Crippen LogP contribution is -2.35. The van der Waals surface area contributed by atoms with Crippen molar-refractivity contribution in [1.82, 2.24) is 9.99 Å². The highest BCUT2D eigenvalue weighted by Crippen LogP contribution is 2.46. The maximum atomic E-state index is 13.1. The number of carbonyl (C=O) groups excluding carboxylic acids is 3. The van der Waals surface area contributed by atoms with E-state index >= 15 is 0 Å². The zero-order valence-electron chi connectivity index (χ0n) is 37.3. The van der Waals surface area contributed by atoms with Crippen LogP contribution in [0.1, 0.15) is 174 Å². The monoisotopic (exact) mass is 843 g/mol. The summed E-state index contributed by atoms with van der Waals surface area (Å²) in [6.07, 6.45) is 20.3. The van der Waals surface area contributed by atoms with E-state index in [9.17, 15) is 14.4 Å². The summed E-state index contributed by atoms with van der Waals surface area (Å²) in [7, 11) is -1.51. The van der Waals surface area contributed by atoms with Crippen molar-refractivity contribution >= 4 is 26.6 Å². The van der Waals surface area contributed by atoms with E-state index in [2.05, 4.69) is 44.6 Å². The smallest absolute Gasteiger partial charge is 0.407 e. The molecule has 0 aliphatic rings. The first-order chi connectivity index (χ1) is 28.7. The van der Waals surface area contributed by atoms with Crippen molar-refractivity contribution in [2.75, 3.05) is 19.8 Å². The molecule has 1 amide bonds. The molecule has 0 spiro atoms. The Morgan fingerprint density at radius 3 is 1.56 bits per heavy atom. The Kier molecular flexibility index (Phi) is 30.6. The van der Waals surface area contributed by atoms with Crippen molar-refractivity contribution in [2.45, 2.75) is 194 Å². The lowest BCUT2D eigenvalue weighted by molar-refractivity contribution is -0.161. The van der Waals surface area contributed by atoms with Crippen LogP contribution in [-0.2, 0) is 46.1 Å². The quantitative estimate of drug-likeness (QED) is 0.0310. The van der Waals surface area contributed by atoms with Crippen LogP contribution in [0.2, 0.25) is 0 Å². The molecular formula is C48H79N2O8P. The molecule has 2 rings (SSSR count). The molecule has 0 saturated carbocycles. The van der Waals surface area contributed by atoms with Crippen molar-refractivity contribution in [3.8, 4) is 0 Å². The second kappa shape index (κ2) is 34.6. The summed E-state index contributed by atoms with van der Waals surface area (Å²) in [6.45, 7) is 11.7. The fourth-order valence-corrected chi connectivity index (χ4v) is 8.44. The minimum absolute atomic E-state index is 0.0420. The van der Waals surface area contributed by atoms with Crippen LogP contribution in [0, 0.1) is 0 Å². The number of hydrogen-bond donors (Lipinski definition) is 1. The first kappa shape index (κ1) is 52.1. The van der Waals surface area contributed by atoms with Crippen molar-refractivity contribution in [1.29, 1.82) is 0 Å². The molecule has 11 heteroatoms. The fraction of sp³-hybridized carbons (Fsp3) is 0.688. The topological polar surface area (TPSA) is 113 Å². The maximum Gasteiger partial charge on any atom is 0.407 e. The summed E-state index contributed by atoms with van der Waals surface area (Å²) in [5.41, 5.74) is 1.96. The largest absolute Gasteiger partial charge is 0.462 e. The fourth-order valence-electron chi connectivity index (χ4n) is 6.79. The van der Waals surface area contributed by atoms with E-state index < -0.39 is 20.7 Å². The third-order valence-electron chi connectivity index (χ3n) is 10.1. The molecule has 59 heavy (non-hydrogen) atoms. The molecule has 0 bridgehead atoms. The number of esters is 2. The zero-order valence-corrected chi connectivity index (χ0v) is 38.2. The van der Waals surface area contributed by atoms with Gasteiger partial charge in [0.2, 0.25) is 0 Å². The highest BCUT2D eigenvalue weighted by atomic mass is 31.2. The van der Waals surface area contributed by atoms with Crippen LogP contribution in [0.25, 0.3) is 0 Å². The number of carbonyl (C=O) groups is 3. The van der Waals surface area contributed by atoms with Crippen LogP contribution in [0.15, 0.2) is 60.7 Å². The number of ether oxygens (including phenoxy) is 3. The van der Waals surface area contributed by atoms with Crippen LogP contribution >= 0.6 is 8.53 Å². The Labute approximate surface area is 359 Å². The van der Waals surface area contributed by atoms with E-state index in [0.717, 1.165) is 36.8 Å². The molecule has 0 aliphatic carbocycles. The predicted octanol–water partition coefficient (Wildman–Crippen LogP) is 12.8. The molecule has 10 nitrogen and oxygen atoms in total. The average Bonchev–Trinajstić information content (AvgIpc) is 3.23. The summed E-state index contributed by atoms with van der Waals surface area (Å²) in [5, 5.41) is 2.75. The van der Waals surface area contributed by atoms with Crippen molar-refractivity contribution in [3.05, 3.63) is 71.8 Å². The molecule has 0 radical (unpaired) electrons. The molecule has 334 valence electrons. The van der Waals surface area contributed by atoms with Gasteiger partial charge in [0, 0.05) is 31.5 Å². The summed E-state index contributed by atoms with van der Waals surface area (Å²) in [4.78, 5) is 37.9. The third-order valence-corrected chi connectivity index (χ3v) is 12.1. The Bertz CT molecular complexity index is 1320. The van der Waals surface area contributed by atoms with Crippen LogP contribution in [0.4, 0.5) is 4.79 Å².